The van der Waals surface area contributed by atoms with Crippen molar-refractivity contribution in [2.24, 2.45) is 0 Å². The first-order valence-electron chi connectivity index (χ1n) is 22.7. The van der Waals surface area contributed by atoms with Crippen LogP contribution >= 0.6 is 0 Å². The Hall–Kier alpha value is -7.81. The maximum Gasteiger partial charge on any atom is 0.195 e. The van der Waals surface area contributed by atoms with Crippen LogP contribution in [0.25, 0.3) is 72.0 Å². The molecular formula is C61H52N4O. The van der Waals surface area contributed by atoms with Gasteiger partial charge in [-0.15, -0.1) is 0 Å². The molecule has 10 rings (SSSR count). The molecule has 2 aliphatic rings. The van der Waals surface area contributed by atoms with Crippen LogP contribution in [0, 0.1) is 6.57 Å². The van der Waals surface area contributed by atoms with E-state index in [-0.39, 0.29) is 28.5 Å². The Balaban J connectivity index is 1.14. The number of allylic oxidation sites excluding steroid dienone is 2. The fourth-order valence-electron chi connectivity index (χ4n) is 9.56. The van der Waals surface area contributed by atoms with Gasteiger partial charge in [0, 0.05) is 45.6 Å². The predicted molar refractivity (Wildman–Crippen MR) is 273 cm³/mol. The van der Waals surface area contributed by atoms with Crippen LogP contribution in [0.2, 0.25) is 0 Å². The third-order valence-corrected chi connectivity index (χ3v) is 13.1. The lowest BCUT2D eigenvalue weighted by atomic mass is 9.79. The Kier molecular flexibility index (Phi) is 10.6. The number of fused-ring (bicyclic) bond motifs is 3. The number of para-hydroxylation sites is 2. The molecule has 0 amide bonds. The number of pyridine rings is 2. The summed E-state index contributed by atoms with van der Waals surface area (Å²) >= 11 is 0. The molecule has 5 nitrogen and oxygen atoms in total. The maximum atomic E-state index is 11.8. The molecule has 66 heavy (non-hydrogen) atoms. The van der Waals surface area contributed by atoms with E-state index >= 15 is 0 Å². The Morgan fingerprint density at radius 1 is 0.545 bits per heavy atom. The zero-order chi connectivity index (χ0) is 45.7. The number of aromatic nitrogens is 2. The molecule has 322 valence electrons. The molecule has 0 saturated carbocycles. The zero-order valence-corrected chi connectivity index (χ0v) is 38.3. The van der Waals surface area contributed by atoms with E-state index in [1.807, 2.05) is 36.5 Å². The van der Waals surface area contributed by atoms with Gasteiger partial charge in [-0.1, -0.05) is 175 Å². The van der Waals surface area contributed by atoms with Gasteiger partial charge in [-0.2, -0.15) is 0 Å². The number of anilines is 2. The molecule has 1 aliphatic heterocycles. The fourth-order valence-corrected chi connectivity index (χ4v) is 9.56. The highest BCUT2D eigenvalue weighted by Crippen LogP contribution is 2.52. The Morgan fingerprint density at radius 2 is 1.17 bits per heavy atom. The number of phenolic OH excluding ortho intramolecular Hbond substituents is 1. The summed E-state index contributed by atoms with van der Waals surface area (Å²) in [6, 6.07) is 54.6. The quantitative estimate of drug-likeness (QED) is 0.162. The third kappa shape index (κ3) is 7.79. The van der Waals surface area contributed by atoms with E-state index in [4.69, 9.17) is 16.5 Å². The van der Waals surface area contributed by atoms with Gasteiger partial charge in [0.2, 0.25) is 0 Å². The highest BCUT2D eigenvalue weighted by atomic mass is 16.3. The lowest BCUT2D eigenvalue weighted by Crippen LogP contribution is -2.28. The van der Waals surface area contributed by atoms with Gasteiger partial charge < -0.3 is 10.0 Å². The van der Waals surface area contributed by atoms with E-state index in [1.165, 1.54) is 28.1 Å². The van der Waals surface area contributed by atoms with Crippen molar-refractivity contribution >= 4 is 17.1 Å². The van der Waals surface area contributed by atoms with Crippen molar-refractivity contribution in [3.8, 4) is 72.9 Å². The van der Waals surface area contributed by atoms with Gasteiger partial charge in [-0.05, 0) is 98.3 Å². The second kappa shape index (κ2) is 16.6. The van der Waals surface area contributed by atoms with Gasteiger partial charge in [0.25, 0.3) is 0 Å². The molecule has 1 N–H and O–H groups in total. The summed E-state index contributed by atoms with van der Waals surface area (Å²) in [6.07, 6.45) is 10.9. The Bertz CT molecular complexity index is 3220. The number of rotatable bonds is 7. The van der Waals surface area contributed by atoms with Crippen molar-refractivity contribution in [3.63, 3.8) is 0 Å². The minimum atomic E-state index is -0.0980. The maximum absolute atomic E-state index is 11.8. The largest absolute Gasteiger partial charge is 0.507 e. The predicted octanol–water partition coefficient (Wildman–Crippen LogP) is 16.1. The van der Waals surface area contributed by atoms with Crippen molar-refractivity contribution in [2.45, 2.75) is 64.3 Å². The summed E-state index contributed by atoms with van der Waals surface area (Å²) in [6.45, 7) is 21.7. The molecule has 8 aromatic rings. The number of hydrogen-bond acceptors (Lipinski definition) is 4. The molecular weight excluding hydrogens is 805 g/mol. The third-order valence-electron chi connectivity index (χ3n) is 13.1. The van der Waals surface area contributed by atoms with Crippen LogP contribution in [0.4, 0.5) is 17.1 Å². The SMILES string of the molecule is [C-]#[N+]c1ccc(O)c(-c2cc(-c3cc(C(C)(C)C)cc(C(C)(C)C)c3)cc(-c3cccc(-c4cc(-c5cccc6c5N(c5ccccc5)C5C=CC=CC65)ccn4)c3)n2)c1-c1ccccc1. The molecule has 0 spiro atoms. The number of phenols is 1. The molecule has 3 heterocycles. The molecule has 2 aromatic heterocycles. The smallest absolute Gasteiger partial charge is 0.195 e. The van der Waals surface area contributed by atoms with E-state index in [1.54, 1.807) is 12.1 Å². The standard InChI is InChI=1S/C61H52N4O/c1-60(2,3)45-33-43(34-46(38-45)61(4,5)6)44-36-53(64-54(37-44)58-56(66)29-28-51(62-7)57(58)39-18-10-8-11-19-39)42-21-16-20-41(32-42)52-35-40(30-31-63-52)48-25-17-26-50-49-24-14-15-27-55(49)65(59(48)50)47-22-12-9-13-23-47/h8-38,49,55,66H,1-6H3. The molecule has 5 heteroatoms. The van der Waals surface area contributed by atoms with Crippen LogP contribution in [-0.2, 0) is 10.8 Å². The lowest BCUT2D eigenvalue weighted by Gasteiger charge is -2.29. The number of hydrogen-bond donors (Lipinski definition) is 1. The molecule has 0 fully saturated rings. The van der Waals surface area contributed by atoms with Crippen molar-refractivity contribution in [1.29, 1.82) is 0 Å². The van der Waals surface area contributed by atoms with Gasteiger partial charge >= 0.3 is 0 Å². The van der Waals surface area contributed by atoms with Crippen molar-refractivity contribution in [3.05, 3.63) is 216 Å². The van der Waals surface area contributed by atoms with Gasteiger partial charge in [-0.3, -0.25) is 4.98 Å². The van der Waals surface area contributed by atoms with E-state index < -0.39 is 0 Å². The number of benzene rings is 6. The average molecular weight is 857 g/mol. The van der Waals surface area contributed by atoms with Crippen LogP contribution in [0.3, 0.4) is 0 Å². The van der Waals surface area contributed by atoms with Crippen LogP contribution < -0.4 is 4.90 Å². The first-order chi connectivity index (χ1) is 31.9. The second-order valence-corrected chi connectivity index (χ2v) is 19.5. The molecule has 0 radical (unpaired) electrons. The van der Waals surface area contributed by atoms with Crippen molar-refractivity contribution in [2.75, 3.05) is 4.90 Å². The summed E-state index contributed by atoms with van der Waals surface area (Å²) < 4.78 is 0. The van der Waals surface area contributed by atoms with E-state index in [2.05, 4.69) is 191 Å². The van der Waals surface area contributed by atoms with E-state index in [0.717, 1.165) is 50.3 Å². The van der Waals surface area contributed by atoms with E-state index in [9.17, 15) is 5.11 Å². The van der Waals surface area contributed by atoms with Crippen molar-refractivity contribution < 1.29 is 5.11 Å². The highest BCUT2D eigenvalue weighted by Gasteiger charge is 2.39. The summed E-state index contributed by atoms with van der Waals surface area (Å²) in [5.74, 6) is 0.316. The summed E-state index contributed by atoms with van der Waals surface area (Å²) in [5, 5.41) is 11.8. The molecule has 0 bridgehead atoms. The molecule has 0 saturated heterocycles. The van der Waals surface area contributed by atoms with Gasteiger partial charge in [0.05, 0.1) is 35.4 Å². The summed E-state index contributed by atoms with van der Waals surface area (Å²) in [5.41, 5.74) is 16.8. The first kappa shape index (κ1) is 42.2. The number of aromatic hydroxyl groups is 1. The summed E-state index contributed by atoms with van der Waals surface area (Å²) in [7, 11) is 0. The minimum Gasteiger partial charge on any atom is -0.507 e. The topological polar surface area (TPSA) is 53.6 Å². The van der Waals surface area contributed by atoms with Crippen LogP contribution in [-0.4, -0.2) is 21.1 Å². The minimum absolute atomic E-state index is 0.0648. The van der Waals surface area contributed by atoms with Crippen LogP contribution in [0.1, 0.15) is 64.2 Å². The summed E-state index contributed by atoms with van der Waals surface area (Å²) in [4.78, 5) is 16.8. The van der Waals surface area contributed by atoms with Crippen LogP contribution in [0.5, 0.6) is 5.75 Å². The van der Waals surface area contributed by atoms with E-state index in [0.29, 0.717) is 22.5 Å². The molecule has 6 aromatic carbocycles. The van der Waals surface area contributed by atoms with Gasteiger partial charge in [-0.25, -0.2) is 9.83 Å². The first-order valence-corrected chi connectivity index (χ1v) is 22.7. The normalized spacial score (nSPS) is 15.3. The second-order valence-electron chi connectivity index (χ2n) is 19.5. The Labute approximate surface area is 389 Å². The zero-order valence-electron chi connectivity index (χ0n) is 38.3. The highest BCUT2D eigenvalue weighted by molar-refractivity contribution is 5.96. The van der Waals surface area contributed by atoms with Crippen LogP contribution in [0.15, 0.2) is 188 Å². The fraction of sp³-hybridized carbons (Fsp3) is 0.164. The molecule has 2 unspecified atom stereocenters. The van der Waals surface area contributed by atoms with Gasteiger partial charge in [0.1, 0.15) is 5.75 Å². The van der Waals surface area contributed by atoms with Gasteiger partial charge in [0.15, 0.2) is 5.69 Å². The average Bonchev–Trinajstić information content (AvgIpc) is 3.68. The van der Waals surface area contributed by atoms with Crippen molar-refractivity contribution in [1.82, 2.24) is 9.97 Å². The Morgan fingerprint density at radius 3 is 1.88 bits per heavy atom. The number of nitrogens with zero attached hydrogens (tertiary/aromatic N) is 4. The monoisotopic (exact) mass is 856 g/mol. The molecule has 2 atom stereocenters. The molecule has 1 aliphatic carbocycles. The lowest BCUT2D eigenvalue weighted by molar-refractivity contribution is 0.477.